The van der Waals surface area contributed by atoms with Crippen LogP contribution in [0, 0.1) is 34.5 Å². The molecule has 0 amide bonds. The Bertz CT molecular complexity index is 579. The average molecular weight is 331 g/mol. The summed E-state index contributed by atoms with van der Waals surface area (Å²) in [7, 11) is 0. The van der Waals surface area contributed by atoms with Crippen LogP contribution in [-0.4, -0.2) is 23.4 Å². The molecule has 5 aliphatic rings. The van der Waals surface area contributed by atoms with Gasteiger partial charge in [0.15, 0.2) is 0 Å². The zero-order valence-electron chi connectivity index (χ0n) is 15.7. The second kappa shape index (κ2) is 4.88. The Morgan fingerprint density at radius 3 is 2.71 bits per heavy atom. The van der Waals surface area contributed by atoms with Crippen LogP contribution in [0.1, 0.15) is 72.1 Å². The Labute approximate surface area is 147 Å². The molecule has 0 aromatic rings. The minimum absolute atomic E-state index is 0.399. The second-order valence-electron chi connectivity index (χ2n) is 10.3. The molecule has 5 fully saturated rings. The van der Waals surface area contributed by atoms with Crippen molar-refractivity contribution in [1.82, 2.24) is 0 Å². The summed E-state index contributed by atoms with van der Waals surface area (Å²) in [6.45, 7) is 7.85. The molecule has 134 valence electrons. The largest absolute Gasteiger partial charge is 0.390 e. The van der Waals surface area contributed by atoms with Gasteiger partial charge in [-0.25, -0.2) is 0 Å². The third-order valence-corrected chi connectivity index (χ3v) is 9.42. The van der Waals surface area contributed by atoms with Crippen molar-refractivity contribution >= 4 is 0 Å². The Morgan fingerprint density at radius 2 is 1.92 bits per heavy atom. The van der Waals surface area contributed by atoms with Gasteiger partial charge in [0, 0.05) is 5.41 Å². The highest BCUT2D eigenvalue weighted by Gasteiger charge is 2.66. The number of fused-ring (bicyclic) bond motifs is 3. The van der Waals surface area contributed by atoms with Gasteiger partial charge in [0.2, 0.25) is 0 Å². The zero-order valence-corrected chi connectivity index (χ0v) is 15.7. The van der Waals surface area contributed by atoms with E-state index in [-0.39, 0.29) is 0 Å². The monoisotopic (exact) mass is 330 g/mol. The van der Waals surface area contributed by atoms with E-state index in [0.717, 1.165) is 37.2 Å². The normalized spacial score (nSPS) is 60.7. The first-order valence-corrected chi connectivity index (χ1v) is 10.4. The molecule has 4 aliphatic carbocycles. The third-order valence-electron chi connectivity index (χ3n) is 9.42. The molecule has 0 radical (unpaired) electrons. The lowest BCUT2D eigenvalue weighted by molar-refractivity contribution is -0.130. The fourth-order valence-corrected chi connectivity index (χ4v) is 8.25. The molecular formula is C22H34O2. The fourth-order valence-electron chi connectivity index (χ4n) is 8.25. The predicted molar refractivity (Wildman–Crippen MR) is 95.6 cm³/mol. The van der Waals surface area contributed by atoms with Crippen molar-refractivity contribution in [2.24, 2.45) is 34.5 Å². The van der Waals surface area contributed by atoms with E-state index in [1.54, 1.807) is 5.57 Å². The molecule has 1 saturated heterocycles. The van der Waals surface area contributed by atoms with Gasteiger partial charge in [-0.15, -0.1) is 0 Å². The number of aliphatic hydroxyl groups is 1. The van der Waals surface area contributed by atoms with E-state index in [4.69, 9.17) is 4.74 Å². The molecule has 0 aromatic heterocycles. The number of allylic oxidation sites excluding steroid dienone is 2. The molecule has 1 N–H and O–H groups in total. The summed E-state index contributed by atoms with van der Waals surface area (Å²) in [5.41, 5.74) is 2.15. The van der Waals surface area contributed by atoms with Crippen LogP contribution in [0.15, 0.2) is 11.6 Å². The van der Waals surface area contributed by atoms with E-state index in [0.29, 0.717) is 22.9 Å². The minimum atomic E-state index is -0.457. The lowest BCUT2D eigenvalue weighted by Crippen LogP contribution is -2.57. The maximum atomic E-state index is 10.7. The van der Waals surface area contributed by atoms with Crippen LogP contribution in [0.3, 0.4) is 0 Å². The van der Waals surface area contributed by atoms with Gasteiger partial charge in [-0.1, -0.05) is 18.6 Å². The van der Waals surface area contributed by atoms with Gasteiger partial charge in [-0.05, 0) is 94.3 Å². The maximum Gasteiger partial charge on any atom is 0.0623 e. The van der Waals surface area contributed by atoms with Crippen LogP contribution in [0.5, 0.6) is 0 Å². The van der Waals surface area contributed by atoms with Gasteiger partial charge in [0.25, 0.3) is 0 Å². The van der Waals surface area contributed by atoms with E-state index in [1.807, 2.05) is 0 Å². The molecule has 24 heavy (non-hydrogen) atoms. The molecule has 1 heterocycles. The highest BCUT2D eigenvalue weighted by Crippen LogP contribution is 2.70. The van der Waals surface area contributed by atoms with Crippen molar-refractivity contribution in [3.05, 3.63) is 11.6 Å². The van der Waals surface area contributed by atoms with E-state index in [9.17, 15) is 5.11 Å². The third kappa shape index (κ3) is 1.85. The lowest BCUT2D eigenvalue weighted by Gasteiger charge is -2.60. The molecule has 2 unspecified atom stereocenters. The van der Waals surface area contributed by atoms with Crippen LogP contribution in [-0.2, 0) is 4.74 Å². The lowest BCUT2D eigenvalue weighted by atomic mass is 9.44. The Kier molecular flexibility index (Phi) is 3.23. The van der Waals surface area contributed by atoms with Gasteiger partial charge < -0.3 is 9.84 Å². The van der Waals surface area contributed by atoms with Gasteiger partial charge in [-0.2, -0.15) is 0 Å². The molecule has 4 saturated carbocycles. The average Bonchev–Trinajstić information content (AvgIpc) is 3.00. The fraction of sp³-hybridized carbons (Fsp3) is 0.909. The van der Waals surface area contributed by atoms with Crippen molar-refractivity contribution in [1.29, 1.82) is 0 Å². The predicted octanol–water partition coefficient (Wildman–Crippen LogP) is 4.72. The van der Waals surface area contributed by atoms with Gasteiger partial charge in [0.05, 0.1) is 18.3 Å². The van der Waals surface area contributed by atoms with Crippen LogP contribution >= 0.6 is 0 Å². The molecule has 5 rings (SSSR count). The molecule has 0 aromatic carbocycles. The maximum absolute atomic E-state index is 10.7. The second-order valence-corrected chi connectivity index (χ2v) is 10.3. The standard InChI is InChI=1S/C22H34O2/c1-4-14-5-6-16-15-11-19-18-12-20(2,23)9-10-22(18,13-24-19)17(15)7-8-21(14,16)3/h4,15-19,23H,5-13H2,1-3H3/t15-,16-,17?,18?,19+,20+,21+,22-/m0/s1. The summed E-state index contributed by atoms with van der Waals surface area (Å²) in [5.74, 6) is 3.22. The first-order chi connectivity index (χ1) is 11.4. The Balaban J connectivity index is 1.51. The van der Waals surface area contributed by atoms with Crippen LogP contribution in [0.2, 0.25) is 0 Å². The highest BCUT2D eigenvalue weighted by molar-refractivity contribution is 5.25. The van der Waals surface area contributed by atoms with Crippen molar-refractivity contribution in [2.45, 2.75) is 83.8 Å². The number of hydrogen-bond acceptors (Lipinski definition) is 2. The zero-order chi connectivity index (χ0) is 16.7. The van der Waals surface area contributed by atoms with Crippen molar-refractivity contribution in [3.63, 3.8) is 0 Å². The summed E-state index contributed by atoms with van der Waals surface area (Å²) < 4.78 is 6.41. The van der Waals surface area contributed by atoms with Crippen molar-refractivity contribution in [2.75, 3.05) is 6.61 Å². The number of ether oxygens (including phenoxy) is 1. The summed E-state index contributed by atoms with van der Waals surface area (Å²) in [6, 6.07) is 0. The summed E-state index contributed by atoms with van der Waals surface area (Å²) >= 11 is 0. The number of rotatable bonds is 0. The van der Waals surface area contributed by atoms with Crippen molar-refractivity contribution in [3.8, 4) is 0 Å². The highest BCUT2D eigenvalue weighted by atomic mass is 16.5. The Morgan fingerprint density at radius 1 is 1.08 bits per heavy atom. The Hall–Kier alpha value is -0.340. The summed E-state index contributed by atoms with van der Waals surface area (Å²) in [5, 5.41) is 10.7. The van der Waals surface area contributed by atoms with E-state index < -0.39 is 5.60 Å². The molecule has 1 aliphatic heterocycles. The molecule has 0 spiro atoms. The van der Waals surface area contributed by atoms with E-state index >= 15 is 0 Å². The molecule has 2 bridgehead atoms. The smallest absolute Gasteiger partial charge is 0.0623 e. The minimum Gasteiger partial charge on any atom is -0.390 e. The van der Waals surface area contributed by atoms with Crippen LogP contribution in [0.25, 0.3) is 0 Å². The van der Waals surface area contributed by atoms with Gasteiger partial charge in [-0.3, -0.25) is 0 Å². The van der Waals surface area contributed by atoms with Gasteiger partial charge in [0.1, 0.15) is 0 Å². The van der Waals surface area contributed by atoms with Crippen LogP contribution in [0.4, 0.5) is 0 Å². The van der Waals surface area contributed by atoms with E-state index in [2.05, 4.69) is 26.8 Å². The molecular weight excluding hydrogens is 296 g/mol. The SMILES string of the molecule is CC=C1CC[C@H]2[C@@H]3C[C@H]4OC[C@@]5(CC[C@@](C)(O)CC45)C3CC[C@]12C. The summed E-state index contributed by atoms with van der Waals surface area (Å²) in [6.07, 6.45) is 12.8. The molecule has 2 heteroatoms. The first kappa shape index (κ1) is 15.9. The topological polar surface area (TPSA) is 29.5 Å². The molecule has 8 atom stereocenters. The first-order valence-electron chi connectivity index (χ1n) is 10.4. The number of hydrogen-bond donors (Lipinski definition) is 1. The summed E-state index contributed by atoms with van der Waals surface area (Å²) in [4.78, 5) is 0. The quantitative estimate of drug-likeness (QED) is 0.652. The van der Waals surface area contributed by atoms with E-state index in [1.165, 1.54) is 38.5 Å². The van der Waals surface area contributed by atoms with Crippen molar-refractivity contribution < 1.29 is 9.84 Å². The van der Waals surface area contributed by atoms with Crippen LogP contribution < -0.4 is 0 Å². The van der Waals surface area contributed by atoms with Gasteiger partial charge >= 0.3 is 0 Å². The molecule has 2 nitrogen and oxygen atoms in total.